The molecule has 1 aromatic carbocycles. The van der Waals surface area contributed by atoms with Gasteiger partial charge in [0.15, 0.2) is 0 Å². The quantitative estimate of drug-likeness (QED) is 0.508. The first-order valence-corrected chi connectivity index (χ1v) is 6.80. The molecule has 0 aliphatic rings. The summed E-state index contributed by atoms with van der Waals surface area (Å²) in [6.45, 7) is -0.00333. The molecule has 0 saturated heterocycles. The third-order valence-corrected chi connectivity index (χ3v) is 3.28. The average molecular weight is 324 g/mol. The minimum absolute atomic E-state index is 0. The Morgan fingerprint density at radius 3 is 2.33 bits per heavy atom. The number of ether oxygens (including phenoxy) is 2. The number of sulfonamides is 1. The smallest absolute Gasteiger partial charge is 0.560 e. The molecule has 0 aromatic heterocycles. The number of hydrogen-bond acceptors (Lipinski definition) is 6. The SMILES string of the molecule is COC(=O)NCc1ccc(C(=O)OC)c(S([NH-])(=O)=O)c1.[Na+]. The second-order valence-corrected chi connectivity index (χ2v) is 5.12. The molecular weight excluding hydrogens is 311 g/mol. The van der Waals surface area contributed by atoms with Gasteiger partial charge in [-0.2, -0.15) is 0 Å². The van der Waals surface area contributed by atoms with Crippen LogP contribution in [0.1, 0.15) is 15.9 Å². The molecule has 0 unspecified atom stereocenters. The fraction of sp³-hybridized carbons (Fsp3) is 0.273. The maximum Gasteiger partial charge on any atom is 1.00 e. The van der Waals surface area contributed by atoms with Crippen LogP contribution in [0.2, 0.25) is 0 Å². The van der Waals surface area contributed by atoms with Gasteiger partial charge in [0.05, 0.1) is 34.7 Å². The van der Waals surface area contributed by atoms with Crippen LogP contribution in [0.3, 0.4) is 0 Å². The van der Waals surface area contributed by atoms with E-state index in [1.807, 2.05) is 0 Å². The van der Waals surface area contributed by atoms with Gasteiger partial charge in [-0.1, -0.05) is 6.07 Å². The molecule has 0 fully saturated rings. The first-order chi connectivity index (χ1) is 9.29. The van der Waals surface area contributed by atoms with Gasteiger partial charge >= 0.3 is 41.6 Å². The predicted octanol–water partition coefficient (Wildman–Crippen LogP) is -1.93. The molecule has 0 saturated carbocycles. The maximum absolute atomic E-state index is 11.4. The van der Waals surface area contributed by atoms with Crippen molar-refractivity contribution in [1.82, 2.24) is 5.32 Å². The first-order valence-electron chi connectivity index (χ1n) is 5.32. The van der Waals surface area contributed by atoms with Crippen LogP contribution in [0.5, 0.6) is 0 Å². The van der Waals surface area contributed by atoms with Gasteiger partial charge in [0.1, 0.15) is 0 Å². The van der Waals surface area contributed by atoms with E-state index in [2.05, 4.69) is 14.8 Å². The molecule has 0 atom stereocenters. The van der Waals surface area contributed by atoms with Crippen molar-refractivity contribution in [3.8, 4) is 0 Å². The summed E-state index contributed by atoms with van der Waals surface area (Å²) in [4.78, 5) is 21.9. The van der Waals surface area contributed by atoms with Gasteiger partial charge in [0, 0.05) is 6.54 Å². The van der Waals surface area contributed by atoms with Crippen molar-refractivity contribution >= 4 is 22.1 Å². The van der Waals surface area contributed by atoms with E-state index in [0.29, 0.717) is 5.56 Å². The number of carbonyl (C=O) groups is 2. The largest absolute Gasteiger partial charge is 1.00 e. The number of esters is 1. The van der Waals surface area contributed by atoms with Gasteiger partial charge in [0.2, 0.25) is 0 Å². The summed E-state index contributed by atoms with van der Waals surface area (Å²) in [5.74, 6) is -0.858. The number of methoxy groups -OCH3 is 2. The van der Waals surface area contributed by atoms with Gasteiger partial charge in [-0.25, -0.2) is 18.0 Å². The summed E-state index contributed by atoms with van der Waals surface area (Å²) in [7, 11) is -2.05. The fourth-order valence-corrected chi connectivity index (χ4v) is 2.17. The Kier molecular flexibility index (Phi) is 7.90. The number of carbonyl (C=O) groups excluding carboxylic acids is 2. The van der Waals surface area contributed by atoms with Crippen LogP contribution >= 0.6 is 0 Å². The van der Waals surface area contributed by atoms with Crippen LogP contribution in [-0.4, -0.2) is 34.7 Å². The zero-order chi connectivity index (χ0) is 15.3. The number of amides is 1. The number of rotatable bonds is 4. The van der Waals surface area contributed by atoms with E-state index in [1.165, 1.54) is 19.2 Å². The third kappa shape index (κ3) is 5.64. The van der Waals surface area contributed by atoms with Crippen molar-refractivity contribution in [2.75, 3.05) is 14.2 Å². The molecule has 0 radical (unpaired) electrons. The van der Waals surface area contributed by atoms with Crippen LogP contribution in [-0.2, 0) is 26.0 Å². The zero-order valence-electron chi connectivity index (χ0n) is 11.8. The zero-order valence-corrected chi connectivity index (χ0v) is 14.6. The molecule has 0 aliphatic heterocycles. The van der Waals surface area contributed by atoms with Crippen molar-refractivity contribution in [2.24, 2.45) is 0 Å². The Morgan fingerprint density at radius 2 is 1.86 bits per heavy atom. The van der Waals surface area contributed by atoms with Crippen molar-refractivity contribution in [2.45, 2.75) is 11.4 Å². The number of benzene rings is 1. The summed E-state index contributed by atoms with van der Waals surface area (Å²) in [5.41, 5.74) is 0.165. The summed E-state index contributed by atoms with van der Waals surface area (Å²) in [6.07, 6.45) is -0.683. The van der Waals surface area contributed by atoms with Crippen LogP contribution in [0.15, 0.2) is 23.1 Å². The van der Waals surface area contributed by atoms with Crippen molar-refractivity contribution in [1.29, 1.82) is 0 Å². The normalized spacial score (nSPS) is 10.2. The summed E-state index contributed by atoms with van der Waals surface area (Å²) in [5, 5.41) is 9.44. The van der Waals surface area contributed by atoms with Crippen LogP contribution in [0.4, 0.5) is 4.79 Å². The number of alkyl carbamates (subject to hydrolysis) is 1. The van der Waals surface area contributed by atoms with Gasteiger partial charge in [0.25, 0.3) is 0 Å². The van der Waals surface area contributed by atoms with E-state index in [1.54, 1.807) is 0 Å². The van der Waals surface area contributed by atoms with E-state index in [4.69, 9.17) is 5.14 Å². The molecule has 21 heavy (non-hydrogen) atoms. The molecule has 0 spiro atoms. The second kappa shape index (κ2) is 8.35. The van der Waals surface area contributed by atoms with E-state index >= 15 is 0 Å². The van der Waals surface area contributed by atoms with Crippen LogP contribution in [0, 0.1) is 0 Å². The van der Waals surface area contributed by atoms with Crippen molar-refractivity contribution in [3.05, 3.63) is 34.5 Å². The van der Waals surface area contributed by atoms with Gasteiger partial charge in [-0.05, 0) is 17.7 Å². The molecule has 8 nitrogen and oxygen atoms in total. The van der Waals surface area contributed by atoms with Crippen LogP contribution < -0.4 is 34.9 Å². The number of hydrogen-bond donors (Lipinski definition) is 1. The molecule has 10 heteroatoms. The minimum Gasteiger partial charge on any atom is -0.560 e. The number of nitrogens with one attached hydrogen (secondary N) is 2. The third-order valence-electron chi connectivity index (χ3n) is 2.36. The van der Waals surface area contributed by atoms with Gasteiger partial charge in [-0.3, -0.25) is 0 Å². The Hall–Kier alpha value is -1.13. The molecule has 110 valence electrons. The molecule has 0 heterocycles. The van der Waals surface area contributed by atoms with Gasteiger partial charge in [-0.15, -0.1) is 0 Å². The molecule has 2 N–H and O–H groups in total. The molecule has 1 rings (SSSR count). The monoisotopic (exact) mass is 324 g/mol. The topological polar surface area (TPSA) is 123 Å². The van der Waals surface area contributed by atoms with Crippen LogP contribution in [0.25, 0.3) is 5.14 Å². The Labute approximate surface area is 144 Å². The van der Waals surface area contributed by atoms with E-state index in [9.17, 15) is 18.0 Å². The summed E-state index contributed by atoms with van der Waals surface area (Å²) < 4.78 is 31.6. The average Bonchev–Trinajstić information content (AvgIpc) is 2.42. The molecule has 0 aliphatic carbocycles. The standard InChI is InChI=1S/C11H14N2O6S.Na/c1-18-10(14)8-4-3-7(6-13-11(15)19-2)5-9(8)20(12,16)17;/h3-5H,6H2,1-2H3,(H3,12,13,15,16,17);/q;+1/p-1. The summed E-state index contributed by atoms with van der Waals surface area (Å²) in [6, 6.07) is 3.79. The maximum atomic E-state index is 11.4. The Balaban J connectivity index is 0.00000400. The minimum atomic E-state index is -4.35. The summed E-state index contributed by atoms with van der Waals surface area (Å²) >= 11 is 0. The molecule has 1 amide bonds. The van der Waals surface area contributed by atoms with Crippen molar-refractivity contribution in [3.63, 3.8) is 0 Å². The van der Waals surface area contributed by atoms with Gasteiger partial charge < -0.3 is 19.9 Å². The Morgan fingerprint density at radius 1 is 1.24 bits per heavy atom. The van der Waals surface area contributed by atoms with Crippen molar-refractivity contribution < 1.29 is 57.0 Å². The predicted molar refractivity (Wildman–Crippen MR) is 68.5 cm³/mol. The Bertz CT molecular complexity index is 632. The molecule has 0 bridgehead atoms. The molecule has 1 aromatic rings. The first kappa shape index (κ1) is 19.9. The second-order valence-electron chi connectivity index (χ2n) is 3.67. The van der Waals surface area contributed by atoms with E-state index < -0.39 is 27.0 Å². The fourth-order valence-electron chi connectivity index (χ4n) is 1.42. The van der Waals surface area contributed by atoms with E-state index in [0.717, 1.165) is 13.2 Å². The molecular formula is C11H13N2NaO6S. The van der Waals surface area contributed by atoms with E-state index in [-0.39, 0.29) is 41.7 Å².